The lowest BCUT2D eigenvalue weighted by Gasteiger charge is -2.21. The van der Waals surface area contributed by atoms with Crippen molar-refractivity contribution in [2.24, 2.45) is 5.73 Å². The van der Waals surface area contributed by atoms with E-state index in [1.807, 2.05) is 0 Å². The van der Waals surface area contributed by atoms with Crippen LogP contribution in [-0.4, -0.2) is 31.2 Å². The number of alkyl halides is 3. The highest BCUT2D eigenvalue weighted by Gasteiger charge is 2.32. The first-order chi connectivity index (χ1) is 9.98. The first kappa shape index (κ1) is 17.7. The number of para-hydroxylation sites is 1. The minimum atomic E-state index is -4.73. The Kier molecular flexibility index (Phi) is 7.49. The Bertz CT molecular complexity index is 413. The van der Waals surface area contributed by atoms with Crippen LogP contribution in [0.25, 0.3) is 0 Å². The molecule has 1 rings (SSSR count). The Balaban J connectivity index is 2.67. The summed E-state index contributed by atoms with van der Waals surface area (Å²) in [6.45, 7) is 0.920. The largest absolute Gasteiger partial charge is 0.573 e. The lowest BCUT2D eigenvalue weighted by molar-refractivity contribution is -0.275. The molecule has 0 spiro atoms. The van der Waals surface area contributed by atoms with Crippen molar-refractivity contribution in [3.8, 4) is 5.75 Å². The summed E-state index contributed by atoms with van der Waals surface area (Å²) in [5.74, 6) is -0.233. The Morgan fingerprint density at radius 3 is 2.52 bits per heavy atom. The second-order valence-corrected chi connectivity index (χ2v) is 4.61. The monoisotopic (exact) mass is 306 g/mol. The van der Waals surface area contributed by atoms with Crippen LogP contribution in [0.3, 0.4) is 0 Å². The fourth-order valence-corrected chi connectivity index (χ4v) is 2.00. The van der Waals surface area contributed by atoms with Crippen molar-refractivity contribution < 1.29 is 23.0 Å². The smallest absolute Gasteiger partial charge is 0.405 e. The van der Waals surface area contributed by atoms with Crippen LogP contribution in [0.4, 0.5) is 13.2 Å². The standard InChI is InChI=1S/C14H21F3N2O2/c15-14(16,17)21-13-7-3-2-6-11(13)12(10-18)19-8-4-1-5-9-20/h2-3,6-7,12,19-20H,1,4-5,8-10,18H2. The van der Waals surface area contributed by atoms with E-state index in [9.17, 15) is 13.2 Å². The van der Waals surface area contributed by atoms with Gasteiger partial charge in [-0.3, -0.25) is 0 Å². The van der Waals surface area contributed by atoms with Gasteiger partial charge in [0.2, 0.25) is 0 Å². The maximum absolute atomic E-state index is 12.4. The highest BCUT2D eigenvalue weighted by molar-refractivity contribution is 5.36. The molecule has 1 unspecified atom stereocenters. The highest BCUT2D eigenvalue weighted by Crippen LogP contribution is 2.29. The van der Waals surface area contributed by atoms with Crippen LogP contribution in [0, 0.1) is 0 Å². The molecular weight excluding hydrogens is 285 g/mol. The van der Waals surface area contributed by atoms with E-state index in [4.69, 9.17) is 10.8 Å². The van der Waals surface area contributed by atoms with Crippen molar-refractivity contribution in [1.82, 2.24) is 5.32 Å². The van der Waals surface area contributed by atoms with Gasteiger partial charge in [-0.05, 0) is 31.9 Å². The summed E-state index contributed by atoms with van der Waals surface area (Å²) < 4.78 is 41.2. The van der Waals surface area contributed by atoms with Gasteiger partial charge >= 0.3 is 6.36 Å². The van der Waals surface area contributed by atoms with E-state index in [1.54, 1.807) is 12.1 Å². The lowest BCUT2D eigenvalue weighted by Crippen LogP contribution is -2.30. The molecule has 0 heterocycles. The number of nitrogens with two attached hydrogens (primary N) is 1. The molecule has 0 fully saturated rings. The van der Waals surface area contributed by atoms with Crippen molar-refractivity contribution in [3.63, 3.8) is 0 Å². The lowest BCUT2D eigenvalue weighted by atomic mass is 10.1. The average Bonchev–Trinajstić information content (AvgIpc) is 2.42. The third-order valence-corrected chi connectivity index (χ3v) is 2.98. The summed E-state index contributed by atoms with van der Waals surface area (Å²) in [5.41, 5.74) is 6.03. The molecule has 0 aliphatic heterocycles. The van der Waals surface area contributed by atoms with Gasteiger partial charge in [-0.1, -0.05) is 18.2 Å². The van der Waals surface area contributed by atoms with E-state index in [2.05, 4.69) is 10.1 Å². The molecule has 0 radical (unpaired) electrons. The number of aliphatic hydroxyl groups is 1. The summed E-state index contributed by atoms with van der Waals surface area (Å²) in [6, 6.07) is 5.57. The SMILES string of the molecule is NCC(NCCCCCO)c1ccccc1OC(F)(F)F. The van der Waals surface area contributed by atoms with Crippen molar-refractivity contribution in [1.29, 1.82) is 0 Å². The van der Waals surface area contributed by atoms with Crippen molar-refractivity contribution in [3.05, 3.63) is 29.8 Å². The molecule has 120 valence electrons. The van der Waals surface area contributed by atoms with Crippen molar-refractivity contribution in [2.45, 2.75) is 31.7 Å². The molecular formula is C14H21F3N2O2. The Morgan fingerprint density at radius 2 is 1.90 bits per heavy atom. The Morgan fingerprint density at radius 1 is 1.19 bits per heavy atom. The minimum Gasteiger partial charge on any atom is -0.405 e. The minimum absolute atomic E-state index is 0.141. The van der Waals surface area contributed by atoms with E-state index in [0.29, 0.717) is 18.5 Å². The first-order valence-corrected chi connectivity index (χ1v) is 6.87. The summed E-state index contributed by atoms with van der Waals surface area (Å²) in [5, 5.41) is 11.8. The summed E-state index contributed by atoms with van der Waals surface area (Å²) in [4.78, 5) is 0. The molecule has 1 aromatic rings. The number of hydrogen-bond donors (Lipinski definition) is 3. The number of ether oxygens (including phenoxy) is 1. The Hall–Kier alpha value is -1.31. The van der Waals surface area contributed by atoms with Crippen molar-refractivity contribution >= 4 is 0 Å². The van der Waals surface area contributed by atoms with Crippen LogP contribution in [0.15, 0.2) is 24.3 Å². The maximum atomic E-state index is 12.4. The van der Waals surface area contributed by atoms with Gasteiger partial charge in [0.25, 0.3) is 0 Å². The van der Waals surface area contributed by atoms with Crippen LogP contribution in [-0.2, 0) is 0 Å². The van der Waals surface area contributed by atoms with Crippen LogP contribution < -0.4 is 15.8 Å². The summed E-state index contributed by atoms with van der Waals surface area (Å²) >= 11 is 0. The van der Waals surface area contributed by atoms with Crippen LogP contribution >= 0.6 is 0 Å². The number of nitrogens with one attached hydrogen (secondary N) is 1. The highest BCUT2D eigenvalue weighted by atomic mass is 19.4. The molecule has 0 aliphatic carbocycles. The maximum Gasteiger partial charge on any atom is 0.573 e. The molecule has 4 N–H and O–H groups in total. The van der Waals surface area contributed by atoms with E-state index in [-0.39, 0.29) is 18.9 Å². The van der Waals surface area contributed by atoms with E-state index in [1.165, 1.54) is 12.1 Å². The zero-order valence-electron chi connectivity index (χ0n) is 11.7. The molecule has 1 atom stereocenters. The zero-order valence-corrected chi connectivity index (χ0v) is 11.7. The molecule has 0 aliphatic rings. The molecule has 21 heavy (non-hydrogen) atoms. The molecule has 0 saturated heterocycles. The molecule has 7 heteroatoms. The van der Waals surface area contributed by atoms with E-state index in [0.717, 1.165) is 12.8 Å². The number of hydrogen-bond acceptors (Lipinski definition) is 4. The second-order valence-electron chi connectivity index (χ2n) is 4.61. The molecule has 1 aromatic carbocycles. The predicted octanol–water partition coefficient (Wildman–Crippen LogP) is 2.34. The van der Waals surface area contributed by atoms with Gasteiger partial charge in [-0.25, -0.2) is 0 Å². The van der Waals surface area contributed by atoms with Gasteiger partial charge in [-0.15, -0.1) is 13.2 Å². The van der Waals surface area contributed by atoms with E-state index < -0.39 is 12.4 Å². The number of halogens is 3. The number of aliphatic hydroxyl groups excluding tert-OH is 1. The molecule has 4 nitrogen and oxygen atoms in total. The third-order valence-electron chi connectivity index (χ3n) is 2.98. The number of unbranched alkanes of at least 4 members (excludes halogenated alkanes) is 2. The normalized spacial score (nSPS) is 13.2. The molecule has 0 bridgehead atoms. The van der Waals surface area contributed by atoms with Gasteiger partial charge < -0.3 is 20.9 Å². The zero-order chi connectivity index (χ0) is 15.7. The van der Waals surface area contributed by atoms with Gasteiger partial charge in [0.1, 0.15) is 5.75 Å². The average molecular weight is 306 g/mol. The van der Waals surface area contributed by atoms with Gasteiger partial charge in [0.15, 0.2) is 0 Å². The molecule has 0 saturated carbocycles. The summed E-state index contributed by atoms with van der Waals surface area (Å²) in [7, 11) is 0. The molecule has 0 amide bonds. The number of benzene rings is 1. The van der Waals surface area contributed by atoms with Gasteiger partial charge in [0, 0.05) is 24.8 Å². The van der Waals surface area contributed by atoms with E-state index >= 15 is 0 Å². The van der Waals surface area contributed by atoms with Crippen LogP contribution in [0.2, 0.25) is 0 Å². The first-order valence-electron chi connectivity index (χ1n) is 6.87. The fourth-order valence-electron chi connectivity index (χ4n) is 2.00. The quantitative estimate of drug-likeness (QED) is 0.613. The van der Waals surface area contributed by atoms with Crippen LogP contribution in [0.5, 0.6) is 5.75 Å². The van der Waals surface area contributed by atoms with Gasteiger partial charge in [-0.2, -0.15) is 0 Å². The van der Waals surface area contributed by atoms with Crippen molar-refractivity contribution in [2.75, 3.05) is 19.7 Å². The second kappa shape index (κ2) is 8.86. The van der Waals surface area contributed by atoms with Gasteiger partial charge in [0.05, 0.1) is 0 Å². The number of rotatable bonds is 9. The summed E-state index contributed by atoms with van der Waals surface area (Å²) in [6.07, 6.45) is -2.35. The van der Waals surface area contributed by atoms with Crippen LogP contribution in [0.1, 0.15) is 30.9 Å². The predicted molar refractivity (Wildman–Crippen MR) is 73.9 cm³/mol. The third kappa shape index (κ3) is 6.79. The topological polar surface area (TPSA) is 67.5 Å². The fraction of sp³-hybridized carbons (Fsp3) is 0.571. The molecule has 0 aromatic heterocycles. The Labute approximate surface area is 122 Å².